The fourth-order valence-corrected chi connectivity index (χ4v) is 1.52. The standard InChI is InChI=1S/C7H12OSi/c1-9(2)8-7-5-3-4-6-7/h3,5-6,9H,4H2,1-2H3. The van der Waals surface area contributed by atoms with Crippen LogP contribution in [0.25, 0.3) is 0 Å². The Balaban J connectivity index is 2.35. The van der Waals surface area contributed by atoms with Crippen molar-refractivity contribution in [2.45, 2.75) is 19.5 Å². The van der Waals surface area contributed by atoms with E-state index in [2.05, 4.69) is 25.2 Å². The van der Waals surface area contributed by atoms with Crippen LogP contribution in [0.15, 0.2) is 24.0 Å². The van der Waals surface area contributed by atoms with Crippen molar-refractivity contribution in [2.75, 3.05) is 0 Å². The third-order valence-corrected chi connectivity index (χ3v) is 1.85. The Morgan fingerprint density at radius 3 is 2.78 bits per heavy atom. The topological polar surface area (TPSA) is 9.23 Å². The molecule has 0 heterocycles. The second kappa shape index (κ2) is 2.87. The zero-order valence-corrected chi connectivity index (χ0v) is 7.08. The Labute approximate surface area is 57.8 Å². The highest BCUT2D eigenvalue weighted by atomic mass is 28.3. The molecule has 0 atom stereocenters. The van der Waals surface area contributed by atoms with Crippen LogP contribution in [0, 0.1) is 0 Å². The van der Waals surface area contributed by atoms with E-state index in [9.17, 15) is 0 Å². The smallest absolute Gasteiger partial charge is 0.229 e. The molecular weight excluding hydrogens is 128 g/mol. The molecule has 0 aromatic carbocycles. The van der Waals surface area contributed by atoms with E-state index in [0.29, 0.717) is 0 Å². The maximum absolute atomic E-state index is 5.52. The average molecular weight is 140 g/mol. The van der Waals surface area contributed by atoms with Crippen LogP contribution in [0.4, 0.5) is 0 Å². The zero-order valence-electron chi connectivity index (χ0n) is 5.92. The average Bonchev–Trinajstić information content (AvgIpc) is 2.15. The molecule has 0 radical (unpaired) electrons. The molecule has 0 N–H and O–H groups in total. The van der Waals surface area contributed by atoms with E-state index in [1.54, 1.807) is 0 Å². The Kier molecular flexibility index (Phi) is 2.11. The van der Waals surface area contributed by atoms with E-state index >= 15 is 0 Å². The van der Waals surface area contributed by atoms with E-state index in [4.69, 9.17) is 4.43 Å². The van der Waals surface area contributed by atoms with Gasteiger partial charge in [-0.15, -0.1) is 0 Å². The molecule has 1 rings (SSSR count). The van der Waals surface area contributed by atoms with Crippen LogP contribution < -0.4 is 0 Å². The summed E-state index contributed by atoms with van der Waals surface area (Å²) in [6.07, 6.45) is 7.34. The summed E-state index contributed by atoms with van der Waals surface area (Å²) in [4.78, 5) is 0. The minimum atomic E-state index is -0.843. The second-order valence-corrected chi connectivity index (χ2v) is 4.74. The fraction of sp³-hybridized carbons (Fsp3) is 0.429. The molecule has 1 nitrogen and oxygen atoms in total. The van der Waals surface area contributed by atoms with Gasteiger partial charge in [-0.1, -0.05) is 6.08 Å². The Hall–Kier alpha value is -0.503. The van der Waals surface area contributed by atoms with Crippen molar-refractivity contribution in [3.8, 4) is 0 Å². The van der Waals surface area contributed by atoms with Gasteiger partial charge in [-0.05, 0) is 31.7 Å². The molecule has 0 amide bonds. The van der Waals surface area contributed by atoms with Crippen LogP contribution in [-0.4, -0.2) is 9.04 Å². The van der Waals surface area contributed by atoms with Gasteiger partial charge in [0.25, 0.3) is 0 Å². The molecule has 9 heavy (non-hydrogen) atoms. The normalized spacial score (nSPS) is 16.6. The van der Waals surface area contributed by atoms with Gasteiger partial charge in [-0.2, -0.15) is 0 Å². The Bertz CT molecular complexity index is 147. The Morgan fingerprint density at radius 2 is 2.33 bits per heavy atom. The first-order valence-corrected chi connectivity index (χ1v) is 6.10. The Morgan fingerprint density at radius 1 is 1.56 bits per heavy atom. The van der Waals surface area contributed by atoms with E-state index in [-0.39, 0.29) is 0 Å². The van der Waals surface area contributed by atoms with Gasteiger partial charge < -0.3 is 4.43 Å². The van der Waals surface area contributed by atoms with Crippen molar-refractivity contribution >= 4 is 9.04 Å². The highest BCUT2D eigenvalue weighted by Gasteiger charge is 2.00. The molecule has 0 unspecified atom stereocenters. The third kappa shape index (κ3) is 2.06. The van der Waals surface area contributed by atoms with Gasteiger partial charge in [0.15, 0.2) is 0 Å². The molecule has 0 saturated heterocycles. The molecule has 0 bridgehead atoms. The van der Waals surface area contributed by atoms with Crippen molar-refractivity contribution in [3.05, 3.63) is 24.0 Å². The lowest BCUT2D eigenvalue weighted by molar-refractivity contribution is 0.462. The maximum Gasteiger partial charge on any atom is 0.229 e. The molecule has 0 aromatic heterocycles. The fourth-order valence-electron chi connectivity index (χ4n) is 0.796. The highest BCUT2D eigenvalue weighted by molar-refractivity contribution is 6.48. The summed E-state index contributed by atoms with van der Waals surface area (Å²) in [5.74, 6) is 1.08. The first kappa shape index (κ1) is 6.61. The highest BCUT2D eigenvalue weighted by Crippen LogP contribution is 2.10. The lowest BCUT2D eigenvalue weighted by atomic mass is 10.5. The van der Waals surface area contributed by atoms with Gasteiger partial charge in [0.05, 0.1) is 5.76 Å². The molecule has 1 aliphatic rings. The van der Waals surface area contributed by atoms with Crippen LogP contribution in [0.3, 0.4) is 0 Å². The maximum atomic E-state index is 5.52. The van der Waals surface area contributed by atoms with Crippen molar-refractivity contribution in [1.29, 1.82) is 0 Å². The second-order valence-electron chi connectivity index (χ2n) is 2.41. The molecule has 2 heteroatoms. The van der Waals surface area contributed by atoms with Crippen molar-refractivity contribution in [1.82, 2.24) is 0 Å². The number of hydrogen-bond acceptors (Lipinski definition) is 1. The van der Waals surface area contributed by atoms with Crippen molar-refractivity contribution in [3.63, 3.8) is 0 Å². The van der Waals surface area contributed by atoms with Gasteiger partial charge in [0.2, 0.25) is 9.04 Å². The monoisotopic (exact) mass is 140 g/mol. The van der Waals surface area contributed by atoms with Gasteiger partial charge in [0, 0.05) is 0 Å². The quantitative estimate of drug-likeness (QED) is 0.532. The van der Waals surface area contributed by atoms with Crippen molar-refractivity contribution < 1.29 is 4.43 Å². The SMILES string of the molecule is C[SiH](C)OC1=CCC=C1. The molecule has 0 fully saturated rings. The first-order valence-electron chi connectivity index (χ1n) is 3.32. The van der Waals surface area contributed by atoms with E-state index in [1.807, 2.05) is 6.08 Å². The summed E-state index contributed by atoms with van der Waals surface area (Å²) in [7, 11) is -0.843. The van der Waals surface area contributed by atoms with E-state index in [0.717, 1.165) is 12.2 Å². The summed E-state index contributed by atoms with van der Waals surface area (Å²) < 4.78 is 5.52. The van der Waals surface area contributed by atoms with Gasteiger partial charge in [-0.3, -0.25) is 0 Å². The van der Waals surface area contributed by atoms with Crippen LogP contribution in [0.2, 0.25) is 13.1 Å². The number of rotatable bonds is 2. The van der Waals surface area contributed by atoms with Crippen LogP contribution in [0.1, 0.15) is 6.42 Å². The van der Waals surface area contributed by atoms with Crippen LogP contribution in [-0.2, 0) is 4.43 Å². The van der Waals surface area contributed by atoms with Gasteiger partial charge in [-0.25, -0.2) is 0 Å². The van der Waals surface area contributed by atoms with E-state index < -0.39 is 9.04 Å². The summed E-state index contributed by atoms with van der Waals surface area (Å²) >= 11 is 0. The summed E-state index contributed by atoms with van der Waals surface area (Å²) in [6, 6.07) is 0. The largest absolute Gasteiger partial charge is 0.547 e. The number of hydrogen-bond donors (Lipinski definition) is 0. The molecule has 50 valence electrons. The lowest BCUT2D eigenvalue weighted by Crippen LogP contribution is -2.04. The summed E-state index contributed by atoms with van der Waals surface area (Å²) in [5, 5.41) is 0. The predicted molar refractivity (Wildman–Crippen MR) is 41.8 cm³/mol. The summed E-state index contributed by atoms with van der Waals surface area (Å²) in [6.45, 7) is 4.35. The molecule has 1 aliphatic carbocycles. The van der Waals surface area contributed by atoms with Gasteiger partial charge >= 0.3 is 0 Å². The first-order chi connectivity index (χ1) is 4.29. The lowest BCUT2D eigenvalue weighted by Gasteiger charge is -2.06. The number of allylic oxidation sites excluding steroid dienone is 3. The molecular formula is C7H12OSi. The van der Waals surface area contributed by atoms with Crippen molar-refractivity contribution in [2.24, 2.45) is 0 Å². The molecule has 0 aromatic rings. The minimum Gasteiger partial charge on any atom is -0.547 e. The van der Waals surface area contributed by atoms with Crippen LogP contribution >= 0.6 is 0 Å². The van der Waals surface area contributed by atoms with E-state index in [1.165, 1.54) is 0 Å². The third-order valence-electron chi connectivity index (χ3n) is 1.11. The predicted octanol–water partition coefficient (Wildman–Crippen LogP) is 1.83. The van der Waals surface area contributed by atoms with Crippen LogP contribution in [0.5, 0.6) is 0 Å². The molecule has 0 aliphatic heterocycles. The van der Waals surface area contributed by atoms with Gasteiger partial charge in [0.1, 0.15) is 0 Å². The zero-order chi connectivity index (χ0) is 6.69. The molecule has 0 saturated carbocycles. The molecule has 0 spiro atoms. The minimum absolute atomic E-state index is 0.843. The summed E-state index contributed by atoms with van der Waals surface area (Å²) in [5.41, 5.74) is 0.